The van der Waals surface area contributed by atoms with Gasteiger partial charge >= 0.3 is 6.03 Å². The Hall–Kier alpha value is -2.27. The Bertz CT molecular complexity index is 659. The first-order valence-corrected chi connectivity index (χ1v) is 7.71. The highest BCUT2D eigenvalue weighted by Crippen LogP contribution is 2.21. The van der Waals surface area contributed by atoms with Gasteiger partial charge in [0.2, 0.25) is 0 Å². The number of rotatable bonds is 5. The molecule has 1 N–H and O–H groups in total. The van der Waals surface area contributed by atoms with E-state index in [9.17, 15) is 4.79 Å². The molecule has 2 rings (SSSR count). The molecule has 0 unspecified atom stereocenters. The highest BCUT2D eigenvalue weighted by molar-refractivity contribution is 6.30. The average Bonchev–Trinajstić information content (AvgIpc) is 2.53. The van der Waals surface area contributed by atoms with E-state index in [0.717, 1.165) is 11.3 Å². The summed E-state index contributed by atoms with van der Waals surface area (Å²) < 4.78 is 5.69. The van der Waals surface area contributed by atoms with E-state index in [2.05, 4.69) is 10.3 Å². The number of carbonyl (C=O) groups excluding carboxylic acids is 1. The fourth-order valence-corrected chi connectivity index (χ4v) is 2.09. The van der Waals surface area contributed by atoms with Crippen LogP contribution in [-0.2, 0) is 6.61 Å². The number of halogens is 1. The van der Waals surface area contributed by atoms with Crippen molar-refractivity contribution in [2.24, 2.45) is 0 Å². The zero-order valence-electron chi connectivity index (χ0n) is 13.4. The lowest BCUT2D eigenvalue weighted by molar-refractivity contribution is 0.245. The van der Waals surface area contributed by atoms with Gasteiger partial charge in [0, 0.05) is 30.5 Å². The molecular weight excluding hydrogens is 314 g/mol. The number of aromatic nitrogens is 1. The highest BCUT2D eigenvalue weighted by Gasteiger charge is 2.11. The number of carbonyl (C=O) groups is 1. The smallest absolute Gasteiger partial charge is 0.321 e. The molecule has 0 aliphatic rings. The van der Waals surface area contributed by atoms with Gasteiger partial charge in [0.05, 0.1) is 0 Å². The summed E-state index contributed by atoms with van der Waals surface area (Å²) in [4.78, 5) is 17.5. The van der Waals surface area contributed by atoms with Crippen LogP contribution in [0.3, 0.4) is 0 Å². The van der Waals surface area contributed by atoms with Crippen molar-refractivity contribution in [3.63, 3.8) is 0 Å². The average molecular weight is 334 g/mol. The lowest BCUT2D eigenvalue weighted by Gasteiger charge is -2.20. The van der Waals surface area contributed by atoms with Gasteiger partial charge in [-0.2, -0.15) is 0 Å². The topological polar surface area (TPSA) is 54.5 Å². The van der Waals surface area contributed by atoms with Crippen LogP contribution >= 0.6 is 11.6 Å². The summed E-state index contributed by atoms with van der Waals surface area (Å²) in [6.07, 6.45) is 1.64. The maximum atomic E-state index is 11.9. The third kappa shape index (κ3) is 4.86. The van der Waals surface area contributed by atoms with Gasteiger partial charge in [-0.1, -0.05) is 17.7 Å². The number of nitrogens with zero attached hydrogens (tertiary/aromatic N) is 2. The molecule has 0 saturated heterocycles. The molecule has 2 amide bonds. The Balaban J connectivity index is 1.97. The van der Waals surface area contributed by atoms with E-state index in [4.69, 9.17) is 16.3 Å². The lowest BCUT2D eigenvalue weighted by Crippen LogP contribution is -2.40. The number of urea groups is 1. The summed E-state index contributed by atoms with van der Waals surface area (Å²) >= 11 is 5.99. The van der Waals surface area contributed by atoms with Crippen molar-refractivity contribution < 1.29 is 9.53 Å². The monoisotopic (exact) mass is 333 g/mol. The summed E-state index contributed by atoms with van der Waals surface area (Å²) in [6, 6.07) is 10.9. The Morgan fingerprint density at radius 1 is 1.30 bits per heavy atom. The van der Waals surface area contributed by atoms with E-state index in [1.807, 2.05) is 50.2 Å². The van der Waals surface area contributed by atoms with Crippen molar-refractivity contribution in [1.82, 2.24) is 10.3 Å². The van der Waals surface area contributed by atoms with Crippen molar-refractivity contribution >= 4 is 23.3 Å². The number of anilines is 1. The number of hydrogen-bond acceptors (Lipinski definition) is 3. The van der Waals surface area contributed by atoms with Crippen molar-refractivity contribution in [2.75, 3.05) is 11.9 Å². The normalized spacial score (nSPS) is 10.5. The summed E-state index contributed by atoms with van der Waals surface area (Å²) in [5, 5.41) is 3.28. The Morgan fingerprint density at radius 3 is 2.61 bits per heavy atom. The molecule has 0 spiro atoms. The van der Waals surface area contributed by atoms with E-state index in [-0.39, 0.29) is 12.1 Å². The second-order valence-electron chi connectivity index (χ2n) is 5.40. The quantitative estimate of drug-likeness (QED) is 0.845. The number of benzene rings is 1. The molecule has 0 atom stereocenters. The first kappa shape index (κ1) is 17.1. The summed E-state index contributed by atoms with van der Waals surface area (Å²) in [7, 11) is 1.73. The number of amides is 2. The van der Waals surface area contributed by atoms with Gasteiger partial charge in [-0.15, -0.1) is 0 Å². The van der Waals surface area contributed by atoms with Gasteiger partial charge in [-0.25, -0.2) is 9.78 Å². The third-order valence-electron chi connectivity index (χ3n) is 3.17. The number of pyridine rings is 1. The minimum absolute atomic E-state index is 0.0942. The van der Waals surface area contributed by atoms with E-state index in [1.165, 1.54) is 0 Å². The van der Waals surface area contributed by atoms with Crippen LogP contribution in [-0.4, -0.2) is 24.1 Å². The van der Waals surface area contributed by atoms with Gasteiger partial charge in [0.15, 0.2) is 0 Å². The molecule has 1 aromatic carbocycles. The minimum Gasteiger partial charge on any atom is -0.489 e. The molecule has 1 heterocycles. The molecule has 2 aromatic rings. The summed E-state index contributed by atoms with van der Waals surface area (Å²) in [6.45, 7) is 4.19. The van der Waals surface area contributed by atoms with Gasteiger partial charge < -0.3 is 10.1 Å². The molecular formula is C17H20ClN3O2. The van der Waals surface area contributed by atoms with E-state index in [0.29, 0.717) is 17.5 Å². The number of nitrogens with one attached hydrogen (secondary N) is 1. The Kier molecular flexibility index (Phi) is 5.82. The van der Waals surface area contributed by atoms with Crippen LogP contribution in [0.2, 0.25) is 5.15 Å². The first-order valence-electron chi connectivity index (χ1n) is 7.34. The number of hydrogen-bond donors (Lipinski definition) is 1. The SMILES string of the molecule is CC(C)NC(=O)N(C)c1ccc(OCc2cccnc2Cl)cc1. The van der Waals surface area contributed by atoms with Crippen LogP contribution in [0.25, 0.3) is 0 Å². The Labute approximate surface area is 141 Å². The predicted octanol–water partition coefficient (Wildman–Crippen LogP) is 3.87. The van der Waals surface area contributed by atoms with Crippen LogP contribution in [0.4, 0.5) is 10.5 Å². The van der Waals surface area contributed by atoms with Crippen molar-refractivity contribution in [1.29, 1.82) is 0 Å². The molecule has 0 bridgehead atoms. The third-order valence-corrected chi connectivity index (χ3v) is 3.51. The lowest BCUT2D eigenvalue weighted by atomic mass is 10.2. The van der Waals surface area contributed by atoms with Gasteiger partial charge in [-0.05, 0) is 44.2 Å². The molecule has 23 heavy (non-hydrogen) atoms. The summed E-state index contributed by atoms with van der Waals surface area (Å²) in [5.74, 6) is 0.700. The fourth-order valence-electron chi connectivity index (χ4n) is 1.92. The molecule has 5 nitrogen and oxygen atoms in total. The van der Waals surface area contributed by atoms with Crippen LogP contribution in [0.15, 0.2) is 42.6 Å². The zero-order chi connectivity index (χ0) is 16.8. The predicted molar refractivity (Wildman–Crippen MR) is 92.1 cm³/mol. The second kappa shape index (κ2) is 7.83. The van der Waals surface area contributed by atoms with Crippen LogP contribution in [0.5, 0.6) is 5.75 Å². The summed E-state index contributed by atoms with van der Waals surface area (Å²) in [5.41, 5.74) is 1.61. The zero-order valence-corrected chi connectivity index (χ0v) is 14.2. The van der Waals surface area contributed by atoms with Crippen LogP contribution in [0, 0.1) is 0 Å². The molecule has 6 heteroatoms. The van der Waals surface area contributed by atoms with Gasteiger partial charge in [-0.3, -0.25) is 4.90 Å². The highest BCUT2D eigenvalue weighted by atomic mass is 35.5. The van der Waals surface area contributed by atoms with E-state index < -0.39 is 0 Å². The maximum absolute atomic E-state index is 11.9. The van der Waals surface area contributed by atoms with Gasteiger partial charge in [0.25, 0.3) is 0 Å². The van der Waals surface area contributed by atoms with Crippen molar-refractivity contribution in [2.45, 2.75) is 26.5 Å². The van der Waals surface area contributed by atoms with Crippen molar-refractivity contribution in [3.8, 4) is 5.75 Å². The molecule has 0 radical (unpaired) electrons. The molecule has 1 aromatic heterocycles. The Morgan fingerprint density at radius 2 is 2.00 bits per heavy atom. The fraction of sp³-hybridized carbons (Fsp3) is 0.294. The standard InChI is InChI=1S/C17H20ClN3O2/c1-12(2)20-17(22)21(3)14-6-8-15(9-7-14)23-11-13-5-4-10-19-16(13)18/h4-10,12H,11H2,1-3H3,(H,20,22). The molecule has 122 valence electrons. The van der Waals surface area contributed by atoms with Gasteiger partial charge in [0.1, 0.15) is 17.5 Å². The minimum atomic E-state index is -0.143. The van der Waals surface area contributed by atoms with Crippen LogP contribution < -0.4 is 15.0 Å². The van der Waals surface area contributed by atoms with E-state index in [1.54, 1.807) is 18.1 Å². The molecule has 0 aliphatic carbocycles. The molecule has 0 fully saturated rings. The largest absolute Gasteiger partial charge is 0.489 e. The molecule has 0 aliphatic heterocycles. The first-order chi connectivity index (χ1) is 11.0. The number of ether oxygens (including phenoxy) is 1. The molecule has 0 saturated carbocycles. The van der Waals surface area contributed by atoms with Crippen molar-refractivity contribution in [3.05, 3.63) is 53.3 Å². The second-order valence-corrected chi connectivity index (χ2v) is 5.76. The van der Waals surface area contributed by atoms with E-state index >= 15 is 0 Å². The van der Waals surface area contributed by atoms with Crippen LogP contribution in [0.1, 0.15) is 19.4 Å². The maximum Gasteiger partial charge on any atom is 0.321 e.